The Hall–Kier alpha value is -0.970. The fourth-order valence-corrected chi connectivity index (χ4v) is 4.00. The number of aliphatic hydroxyl groups excluding tert-OH is 2. The molecule has 0 radical (unpaired) electrons. The maximum atomic E-state index is 11.7. The molecule has 168 valence electrons. The molecule has 2 aliphatic rings. The van der Waals surface area contributed by atoms with Crippen LogP contribution in [0.15, 0.2) is 23.3 Å². The van der Waals surface area contributed by atoms with Crippen LogP contribution in [0.25, 0.3) is 0 Å². The second-order valence-corrected chi connectivity index (χ2v) is 8.46. The van der Waals surface area contributed by atoms with E-state index >= 15 is 0 Å². The average Bonchev–Trinajstić information content (AvgIpc) is 2.72. The molecule has 0 saturated carbocycles. The van der Waals surface area contributed by atoms with Gasteiger partial charge in [-0.05, 0) is 43.4 Å². The average molecular weight is 409 g/mol. The summed E-state index contributed by atoms with van der Waals surface area (Å²) in [5.41, 5.74) is 1.68. The van der Waals surface area contributed by atoms with E-state index in [2.05, 4.69) is 13.8 Å². The lowest BCUT2D eigenvalue weighted by molar-refractivity contribution is -0.119. The SMILES string of the molecule is CC1=CC2OC(CCCCO)C=C(CO)C2CC1=O.CCCCCCCCCC. The van der Waals surface area contributed by atoms with Gasteiger partial charge in [-0.2, -0.15) is 0 Å². The van der Waals surface area contributed by atoms with E-state index in [-0.39, 0.29) is 37.1 Å². The molecule has 0 aromatic carbocycles. The van der Waals surface area contributed by atoms with Crippen LogP contribution in [0.1, 0.15) is 97.8 Å². The number of Topliss-reactive ketones (excluding diaryl/α,β-unsaturated/α-hetero) is 1. The number of hydrogen-bond donors (Lipinski definition) is 2. The quantitative estimate of drug-likeness (QED) is 0.330. The van der Waals surface area contributed by atoms with Crippen molar-refractivity contribution in [3.63, 3.8) is 0 Å². The number of hydrogen-bond acceptors (Lipinski definition) is 4. The number of fused-ring (bicyclic) bond motifs is 1. The molecule has 1 aliphatic carbocycles. The third kappa shape index (κ3) is 10.1. The predicted octanol–water partition coefficient (Wildman–Crippen LogP) is 5.52. The minimum absolute atomic E-state index is 0.00436. The Morgan fingerprint density at radius 2 is 1.55 bits per heavy atom. The molecule has 0 amide bonds. The largest absolute Gasteiger partial charge is 0.396 e. The number of ketones is 1. The summed E-state index contributed by atoms with van der Waals surface area (Å²) in [4.78, 5) is 11.7. The summed E-state index contributed by atoms with van der Waals surface area (Å²) in [5, 5.41) is 18.3. The standard InChI is InChI=1S/C15H22O4.C10H22/c1-10-6-15-13(8-14(10)18)11(9-17)7-12(19-15)4-2-3-5-16;1-3-5-7-9-10-8-6-4-2/h6-7,12-13,15-17H,2-5,8-9H2,1H3;3-10H2,1-2H3. The van der Waals surface area contributed by atoms with Crippen LogP contribution >= 0.6 is 0 Å². The number of unbranched alkanes of at least 4 members (excludes halogenated alkanes) is 8. The molecule has 0 bridgehead atoms. The zero-order chi connectivity index (χ0) is 21.5. The lowest BCUT2D eigenvalue weighted by atomic mass is 9.79. The number of carbonyl (C=O) groups is 1. The fourth-order valence-electron chi connectivity index (χ4n) is 4.00. The van der Waals surface area contributed by atoms with E-state index in [4.69, 9.17) is 9.84 Å². The van der Waals surface area contributed by atoms with Crippen molar-refractivity contribution in [2.75, 3.05) is 13.2 Å². The van der Waals surface area contributed by atoms with Gasteiger partial charge in [-0.25, -0.2) is 0 Å². The van der Waals surface area contributed by atoms with Gasteiger partial charge in [0.05, 0.1) is 18.8 Å². The van der Waals surface area contributed by atoms with Crippen LogP contribution in [0, 0.1) is 5.92 Å². The van der Waals surface area contributed by atoms with Crippen molar-refractivity contribution in [1.82, 2.24) is 0 Å². The number of carbonyl (C=O) groups excluding carboxylic acids is 1. The highest BCUT2D eigenvalue weighted by Crippen LogP contribution is 2.35. The van der Waals surface area contributed by atoms with Crippen molar-refractivity contribution in [1.29, 1.82) is 0 Å². The van der Waals surface area contributed by atoms with Crippen LogP contribution < -0.4 is 0 Å². The van der Waals surface area contributed by atoms with E-state index in [1.54, 1.807) is 0 Å². The van der Waals surface area contributed by atoms with Crippen molar-refractivity contribution in [3.8, 4) is 0 Å². The van der Waals surface area contributed by atoms with Gasteiger partial charge in [0.2, 0.25) is 0 Å². The van der Waals surface area contributed by atoms with E-state index in [1.165, 1.54) is 51.4 Å². The van der Waals surface area contributed by atoms with Gasteiger partial charge in [0.25, 0.3) is 0 Å². The molecule has 2 N–H and O–H groups in total. The second kappa shape index (κ2) is 15.8. The predicted molar refractivity (Wildman–Crippen MR) is 120 cm³/mol. The molecule has 0 spiro atoms. The van der Waals surface area contributed by atoms with Crippen LogP contribution in [-0.2, 0) is 9.53 Å². The monoisotopic (exact) mass is 408 g/mol. The van der Waals surface area contributed by atoms with Crippen molar-refractivity contribution in [2.45, 2.75) is 110 Å². The Kier molecular flexibility index (Phi) is 14.2. The highest BCUT2D eigenvalue weighted by atomic mass is 16.5. The summed E-state index contributed by atoms with van der Waals surface area (Å²) >= 11 is 0. The first-order valence-electron chi connectivity index (χ1n) is 11.9. The molecule has 29 heavy (non-hydrogen) atoms. The highest BCUT2D eigenvalue weighted by molar-refractivity contribution is 5.96. The molecule has 4 heteroatoms. The lowest BCUT2D eigenvalue weighted by Gasteiger charge is -2.37. The van der Waals surface area contributed by atoms with Crippen LogP contribution in [0.3, 0.4) is 0 Å². The molecule has 1 aliphatic heterocycles. The third-order valence-electron chi connectivity index (χ3n) is 5.90. The molecule has 0 fully saturated rings. The topological polar surface area (TPSA) is 66.8 Å². The molecule has 1 heterocycles. The van der Waals surface area contributed by atoms with Gasteiger partial charge in [-0.1, -0.05) is 71.3 Å². The molecule has 3 atom stereocenters. The van der Waals surface area contributed by atoms with Gasteiger partial charge in [0.15, 0.2) is 5.78 Å². The van der Waals surface area contributed by atoms with Crippen LogP contribution in [0.2, 0.25) is 0 Å². The van der Waals surface area contributed by atoms with Crippen molar-refractivity contribution >= 4 is 5.78 Å². The molecule has 4 nitrogen and oxygen atoms in total. The maximum absolute atomic E-state index is 11.7. The second-order valence-electron chi connectivity index (χ2n) is 8.46. The Bertz CT molecular complexity index is 501. The van der Waals surface area contributed by atoms with E-state index in [0.717, 1.165) is 30.4 Å². The third-order valence-corrected chi connectivity index (χ3v) is 5.90. The summed E-state index contributed by atoms with van der Waals surface area (Å²) < 4.78 is 5.99. The zero-order valence-corrected chi connectivity index (χ0v) is 19.0. The first kappa shape index (κ1) is 26.1. The summed E-state index contributed by atoms with van der Waals surface area (Å²) in [7, 11) is 0. The van der Waals surface area contributed by atoms with E-state index < -0.39 is 0 Å². The Balaban J connectivity index is 0.000000359. The smallest absolute Gasteiger partial charge is 0.159 e. The number of allylic oxidation sites excluding steroid dienone is 1. The minimum Gasteiger partial charge on any atom is -0.396 e. The molecule has 3 unspecified atom stereocenters. The van der Waals surface area contributed by atoms with Crippen LogP contribution in [-0.4, -0.2) is 41.4 Å². The Morgan fingerprint density at radius 3 is 2.10 bits per heavy atom. The first-order valence-corrected chi connectivity index (χ1v) is 11.9. The highest BCUT2D eigenvalue weighted by Gasteiger charge is 2.35. The van der Waals surface area contributed by atoms with Gasteiger partial charge in [-0.3, -0.25) is 4.79 Å². The van der Waals surface area contributed by atoms with Gasteiger partial charge in [0.1, 0.15) is 0 Å². The van der Waals surface area contributed by atoms with Crippen molar-refractivity contribution in [2.24, 2.45) is 5.92 Å². The number of aliphatic hydroxyl groups is 2. The molecule has 0 aromatic rings. The minimum atomic E-state index is -0.0935. The first-order chi connectivity index (χ1) is 14.1. The lowest BCUT2D eigenvalue weighted by Crippen LogP contribution is -2.38. The maximum Gasteiger partial charge on any atom is 0.159 e. The summed E-state index contributed by atoms with van der Waals surface area (Å²) in [6.45, 7) is 6.54. The van der Waals surface area contributed by atoms with E-state index in [9.17, 15) is 9.90 Å². The Labute approximate surface area is 178 Å². The molecule has 2 rings (SSSR count). The van der Waals surface area contributed by atoms with Gasteiger partial charge < -0.3 is 14.9 Å². The van der Waals surface area contributed by atoms with Crippen LogP contribution in [0.4, 0.5) is 0 Å². The fraction of sp³-hybridized carbons (Fsp3) is 0.800. The van der Waals surface area contributed by atoms with E-state index in [1.807, 2.05) is 19.1 Å². The molecule has 0 saturated heterocycles. The van der Waals surface area contributed by atoms with Gasteiger partial charge in [0, 0.05) is 18.9 Å². The molecule has 0 aromatic heterocycles. The normalized spacial score (nSPS) is 23.6. The summed E-state index contributed by atoms with van der Waals surface area (Å²) in [6.07, 6.45) is 18.1. The summed E-state index contributed by atoms with van der Waals surface area (Å²) in [6, 6.07) is 0. The zero-order valence-electron chi connectivity index (χ0n) is 19.0. The molecular weight excluding hydrogens is 364 g/mol. The van der Waals surface area contributed by atoms with Crippen molar-refractivity contribution < 1.29 is 19.7 Å². The number of rotatable bonds is 12. The summed E-state index contributed by atoms with van der Waals surface area (Å²) in [5.74, 6) is 0.137. The van der Waals surface area contributed by atoms with Gasteiger partial charge >= 0.3 is 0 Å². The van der Waals surface area contributed by atoms with Gasteiger partial charge in [-0.15, -0.1) is 0 Å². The van der Waals surface area contributed by atoms with E-state index in [0.29, 0.717) is 6.42 Å². The number of ether oxygens (including phenoxy) is 1. The van der Waals surface area contributed by atoms with Crippen LogP contribution in [0.5, 0.6) is 0 Å². The Morgan fingerprint density at radius 1 is 0.931 bits per heavy atom. The van der Waals surface area contributed by atoms with Crippen molar-refractivity contribution in [3.05, 3.63) is 23.3 Å². The molecular formula is C25H44O4.